The van der Waals surface area contributed by atoms with Gasteiger partial charge in [-0.15, -0.1) is 0 Å². The summed E-state index contributed by atoms with van der Waals surface area (Å²) in [5.41, 5.74) is 13.5. The third-order valence-electron chi connectivity index (χ3n) is 12.2. The maximum absolute atomic E-state index is 2.51. The van der Waals surface area contributed by atoms with Crippen LogP contribution in [0.3, 0.4) is 0 Å². The number of fused-ring (bicyclic) bond motifs is 10. The Bertz CT molecular complexity index is 3170. The van der Waals surface area contributed by atoms with Crippen molar-refractivity contribution in [3.05, 3.63) is 211 Å². The van der Waals surface area contributed by atoms with Crippen LogP contribution < -0.4 is 4.90 Å². The van der Waals surface area contributed by atoms with E-state index in [2.05, 4.69) is 219 Å². The van der Waals surface area contributed by atoms with Crippen LogP contribution in [-0.2, 0) is 5.41 Å². The molecule has 56 heavy (non-hydrogen) atoms. The van der Waals surface area contributed by atoms with E-state index in [1.807, 2.05) is 0 Å². The van der Waals surface area contributed by atoms with E-state index in [4.69, 9.17) is 0 Å². The first kappa shape index (κ1) is 32.5. The average molecular weight is 714 g/mol. The molecule has 0 atom stereocenters. The summed E-state index contributed by atoms with van der Waals surface area (Å²) in [6.07, 6.45) is 0. The molecule has 0 amide bonds. The smallest absolute Gasteiger partial charge is 0.0543 e. The van der Waals surface area contributed by atoms with Gasteiger partial charge in [-0.05, 0) is 107 Å². The minimum absolute atomic E-state index is 0.120. The summed E-state index contributed by atoms with van der Waals surface area (Å²) in [5, 5.41) is 10.2. The first-order valence-electron chi connectivity index (χ1n) is 19.6. The topological polar surface area (TPSA) is 3.24 Å². The molecular weight excluding hydrogens is 675 g/mol. The van der Waals surface area contributed by atoms with Gasteiger partial charge in [-0.25, -0.2) is 0 Å². The van der Waals surface area contributed by atoms with Gasteiger partial charge < -0.3 is 4.90 Å². The summed E-state index contributed by atoms with van der Waals surface area (Å²) in [6, 6.07) is 74.0. The van der Waals surface area contributed by atoms with Crippen LogP contribution in [0.2, 0.25) is 0 Å². The highest BCUT2D eigenvalue weighted by atomic mass is 15.1. The van der Waals surface area contributed by atoms with Gasteiger partial charge in [0.15, 0.2) is 0 Å². The van der Waals surface area contributed by atoms with Gasteiger partial charge in [0.2, 0.25) is 0 Å². The van der Waals surface area contributed by atoms with Crippen LogP contribution in [0.1, 0.15) is 25.0 Å². The molecule has 0 spiro atoms. The standard InChI is InChI=1S/C55H39N/c1-55(2)48-26-12-10-25-46(48)54-49(55)27-15-29-51(54)56(50-28-13-11-22-42(50)36-16-4-3-5-17-36)41-21-14-20-39(34-41)47-35-40-19-7-9-24-44(40)53-45(47)33-32-38-31-30-37-18-6-8-23-43(37)52(38)53/h3-35H,1-2H3. The Kier molecular flexibility index (Phi) is 7.28. The van der Waals surface area contributed by atoms with Crippen molar-refractivity contribution in [1.82, 2.24) is 0 Å². The van der Waals surface area contributed by atoms with Crippen molar-refractivity contribution in [1.29, 1.82) is 0 Å². The molecule has 11 rings (SSSR count). The summed E-state index contributed by atoms with van der Waals surface area (Å²) in [4.78, 5) is 2.51. The third-order valence-corrected chi connectivity index (χ3v) is 12.2. The number of anilines is 3. The summed E-state index contributed by atoms with van der Waals surface area (Å²) < 4.78 is 0. The second-order valence-corrected chi connectivity index (χ2v) is 15.7. The largest absolute Gasteiger partial charge is 0.309 e. The van der Waals surface area contributed by atoms with Gasteiger partial charge in [-0.3, -0.25) is 0 Å². The van der Waals surface area contributed by atoms with Crippen molar-refractivity contribution >= 4 is 60.2 Å². The Hall–Kier alpha value is -6.96. The lowest BCUT2D eigenvalue weighted by Crippen LogP contribution is -2.16. The van der Waals surface area contributed by atoms with Crippen molar-refractivity contribution in [3.63, 3.8) is 0 Å². The molecule has 0 bridgehead atoms. The molecule has 1 heteroatoms. The molecule has 1 aliphatic carbocycles. The fraction of sp³-hybridized carbons (Fsp3) is 0.0545. The Balaban J connectivity index is 1.20. The number of nitrogens with zero attached hydrogens (tertiary/aromatic N) is 1. The zero-order chi connectivity index (χ0) is 37.4. The predicted molar refractivity (Wildman–Crippen MR) is 240 cm³/mol. The van der Waals surface area contributed by atoms with Crippen LogP contribution in [0.15, 0.2) is 200 Å². The van der Waals surface area contributed by atoms with Crippen LogP contribution >= 0.6 is 0 Å². The Morgan fingerprint density at radius 3 is 1.82 bits per heavy atom. The van der Waals surface area contributed by atoms with Crippen LogP contribution in [0.4, 0.5) is 17.1 Å². The first-order chi connectivity index (χ1) is 27.6. The summed E-state index contributed by atoms with van der Waals surface area (Å²) in [5.74, 6) is 0. The average Bonchev–Trinajstić information content (AvgIpc) is 3.50. The zero-order valence-electron chi connectivity index (χ0n) is 31.5. The number of hydrogen-bond donors (Lipinski definition) is 0. The summed E-state index contributed by atoms with van der Waals surface area (Å²) in [6.45, 7) is 4.73. The van der Waals surface area contributed by atoms with Crippen molar-refractivity contribution in [2.45, 2.75) is 19.3 Å². The SMILES string of the molecule is CC1(C)c2ccccc2-c2c(N(c3cccc(-c4cc5ccccc5c5c4ccc4ccc6ccccc6c45)c3)c3ccccc3-c3ccccc3)cccc21. The van der Waals surface area contributed by atoms with Gasteiger partial charge in [0.05, 0.1) is 11.4 Å². The fourth-order valence-corrected chi connectivity index (χ4v) is 9.60. The Labute approximate surface area is 327 Å². The van der Waals surface area contributed by atoms with E-state index in [9.17, 15) is 0 Å². The summed E-state index contributed by atoms with van der Waals surface area (Å²) >= 11 is 0. The van der Waals surface area contributed by atoms with Gasteiger partial charge in [0.25, 0.3) is 0 Å². The molecule has 0 saturated heterocycles. The lowest BCUT2D eigenvalue weighted by atomic mass is 9.82. The molecule has 0 N–H and O–H groups in total. The Morgan fingerprint density at radius 2 is 0.964 bits per heavy atom. The molecular formula is C55H39N. The highest BCUT2D eigenvalue weighted by Crippen LogP contribution is 2.55. The van der Waals surface area contributed by atoms with E-state index < -0.39 is 0 Å². The Morgan fingerprint density at radius 1 is 0.357 bits per heavy atom. The van der Waals surface area contributed by atoms with Crippen LogP contribution in [-0.4, -0.2) is 0 Å². The van der Waals surface area contributed by atoms with Crippen LogP contribution in [0.5, 0.6) is 0 Å². The minimum Gasteiger partial charge on any atom is -0.309 e. The summed E-state index contributed by atoms with van der Waals surface area (Å²) in [7, 11) is 0. The molecule has 1 nitrogen and oxygen atoms in total. The molecule has 10 aromatic carbocycles. The molecule has 0 unspecified atom stereocenters. The van der Waals surface area contributed by atoms with Gasteiger partial charge in [0.1, 0.15) is 0 Å². The van der Waals surface area contributed by atoms with E-state index in [-0.39, 0.29) is 5.41 Å². The monoisotopic (exact) mass is 713 g/mol. The van der Waals surface area contributed by atoms with Gasteiger partial charge in [0, 0.05) is 22.2 Å². The quantitative estimate of drug-likeness (QED) is 0.161. The maximum Gasteiger partial charge on any atom is 0.0543 e. The van der Waals surface area contributed by atoms with E-state index in [0.717, 1.165) is 11.4 Å². The van der Waals surface area contributed by atoms with E-state index in [0.29, 0.717) is 0 Å². The molecule has 264 valence electrons. The normalized spacial score (nSPS) is 13.0. The van der Waals surface area contributed by atoms with Crippen molar-refractivity contribution in [2.75, 3.05) is 4.90 Å². The number of rotatable bonds is 5. The highest BCUT2D eigenvalue weighted by Gasteiger charge is 2.38. The number of hydrogen-bond acceptors (Lipinski definition) is 1. The van der Waals surface area contributed by atoms with Gasteiger partial charge in [-0.2, -0.15) is 0 Å². The van der Waals surface area contributed by atoms with Crippen molar-refractivity contribution < 1.29 is 0 Å². The second kappa shape index (κ2) is 12.5. The van der Waals surface area contributed by atoms with E-state index in [1.165, 1.54) is 93.3 Å². The number of para-hydroxylation sites is 1. The molecule has 10 aromatic rings. The van der Waals surface area contributed by atoms with Crippen LogP contribution in [0, 0.1) is 0 Å². The van der Waals surface area contributed by atoms with E-state index in [1.54, 1.807) is 0 Å². The van der Waals surface area contributed by atoms with Gasteiger partial charge >= 0.3 is 0 Å². The second-order valence-electron chi connectivity index (χ2n) is 15.7. The molecule has 0 aromatic heterocycles. The molecule has 0 heterocycles. The lowest BCUT2D eigenvalue weighted by Gasteiger charge is -2.31. The predicted octanol–water partition coefficient (Wildman–Crippen LogP) is 15.4. The first-order valence-corrected chi connectivity index (χ1v) is 19.6. The lowest BCUT2D eigenvalue weighted by molar-refractivity contribution is 0.660. The molecule has 0 saturated carbocycles. The third kappa shape index (κ3) is 4.87. The van der Waals surface area contributed by atoms with E-state index >= 15 is 0 Å². The maximum atomic E-state index is 2.51. The fourth-order valence-electron chi connectivity index (χ4n) is 9.60. The van der Waals surface area contributed by atoms with Crippen molar-refractivity contribution in [2.24, 2.45) is 0 Å². The van der Waals surface area contributed by atoms with Gasteiger partial charge in [-0.1, -0.05) is 184 Å². The number of benzene rings is 10. The minimum atomic E-state index is -0.120. The molecule has 0 radical (unpaired) electrons. The van der Waals surface area contributed by atoms with Crippen LogP contribution in [0.25, 0.3) is 76.5 Å². The molecule has 0 aliphatic heterocycles. The highest BCUT2D eigenvalue weighted by molar-refractivity contribution is 6.30. The molecule has 0 fully saturated rings. The van der Waals surface area contributed by atoms with Crippen molar-refractivity contribution in [3.8, 4) is 33.4 Å². The zero-order valence-corrected chi connectivity index (χ0v) is 31.5. The molecule has 1 aliphatic rings.